The van der Waals surface area contributed by atoms with E-state index in [2.05, 4.69) is 47.1 Å². The average Bonchev–Trinajstić information content (AvgIpc) is 2.62. The Morgan fingerprint density at radius 3 is 2.80 bits per heavy atom. The van der Waals surface area contributed by atoms with Crippen molar-refractivity contribution in [3.8, 4) is 0 Å². The first-order valence-electron chi connectivity index (χ1n) is 4.19. The molecule has 1 N–H and O–H groups in total. The summed E-state index contributed by atoms with van der Waals surface area (Å²) in [6.45, 7) is 0.592. The SMILES string of the molecule is Brc1cc(NCc2ccc(Br)o2)ncn1. The quantitative estimate of drug-likeness (QED) is 0.877. The fraction of sp³-hybridized carbons (Fsp3) is 0.111. The van der Waals surface area contributed by atoms with Gasteiger partial charge in [-0.3, -0.25) is 0 Å². The van der Waals surface area contributed by atoms with E-state index < -0.39 is 0 Å². The topological polar surface area (TPSA) is 51.0 Å². The van der Waals surface area contributed by atoms with Gasteiger partial charge in [0.15, 0.2) is 4.67 Å². The van der Waals surface area contributed by atoms with Crippen molar-refractivity contribution < 1.29 is 4.42 Å². The summed E-state index contributed by atoms with van der Waals surface area (Å²) >= 11 is 6.51. The minimum atomic E-state index is 0.592. The van der Waals surface area contributed by atoms with Crippen LogP contribution >= 0.6 is 31.9 Å². The summed E-state index contributed by atoms with van der Waals surface area (Å²) in [6, 6.07) is 5.55. The number of hydrogen-bond acceptors (Lipinski definition) is 4. The number of nitrogens with zero attached hydrogens (tertiary/aromatic N) is 2. The van der Waals surface area contributed by atoms with Crippen LogP contribution in [0.15, 0.2) is 38.2 Å². The lowest BCUT2D eigenvalue weighted by atomic mass is 10.4. The van der Waals surface area contributed by atoms with E-state index in [0.29, 0.717) is 6.54 Å². The Kier molecular flexibility index (Phi) is 3.37. The fourth-order valence-electron chi connectivity index (χ4n) is 1.05. The first-order valence-corrected chi connectivity index (χ1v) is 5.78. The summed E-state index contributed by atoms with van der Waals surface area (Å²) < 4.78 is 6.81. The number of hydrogen-bond donors (Lipinski definition) is 1. The number of furan rings is 1. The maximum absolute atomic E-state index is 5.33. The molecule has 15 heavy (non-hydrogen) atoms. The van der Waals surface area contributed by atoms with Crippen molar-refractivity contribution in [1.82, 2.24) is 9.97 Å². The van der Waals surface area contributed by atoms with Crippen LogP contribution in [0.3, 0.4) is 0 Å². The second kappa shape index (κ2) is 4.76. The van der Waals surface area contributed by atoms with Crippen molar-refractivity contribution in [2.75, 3.05) is 5.32 Å². The number of aromatic nitrogens is 2. The van der Waals surface area contributed by atoms with Gasteiger partial charge >= 0.3 is 0 Å². The Hall–Kier alpha value is -0.880. The van der Waals surface area contributed by atoms with Gasteiger partial charge in [-0.15, -0.1) is 0 Å². The predicted molar refractivity (Wildman–Crippen MR) is 63.5 cm³/mol. The third-order valence-electron chi connectivity index (χ3n) is 1.71. The van der Waals surface area contributed by atoms with E-state index in [-0.39, 0.29) is 0 Å². The fourth-order valence-corrected chi connectivity index (χ4v) is 1.70. The molecular formula is C9H7Br2N3O. The zero-order valence-electron chi connectivity index (χ0n) is 7.58. The standard InChI is InChI=1S/C9H7Br2N3O/c10-7-3-9(14-5-13-7)12-4-6-1-2-8(11)15-6/h1-3,5H,4H2,(H,12,13,14). The molecular weight excluding hydrogens is 326 g/mol. The first kappa shape index (κ1) is 10.6. The van der Waals surface area contributed by atoms with Gasteiger partial charge in [-0.05, 0) is 44.0 Å². The Bertz CT molecular complexity index is 458. The number of nitrogens with one attached hydrogen (secondary N) is 1. The van der Waals surface area contributed by atoms with Crippen molar-refractivity contribution in [2.24, 2.45) is 0 Å². The van der Waals surface area contributed by atoms with Gasteiger partial charge in [-0.2, -0.15) is 0 Å². The van der Waals surface area contributed by atoms with Crippen LogP contribution in [0.25, 0.3) is 0 Å². The molecule has 0 saturated carbocycles. The largest absolute Gasteiger partial charge is 0.452 e. The maximum Gasteiger partial charge on any atom is 0.169 e. The van der Waals surface area contributed by atoms with Crippen molar-refractivity contribution >= 4 is 37.7 Å². The Morgan fingerprint density at radius 1 is 1.27 bits per heavy atom. The highest BCUT2D eigenvalue weighted by atomic mass is 79.9. The van der Waals surface area contributed by atoms with E-state index in [1.165, 1.54) is 6.33 Å². The lowest BCUT2D eigenvalue weighted by Gasteiger charge is -2.02. The lowest BCUT2D eigenvalue weighted by molar-refractivity contribution is 0.495. The molecule has 78 valence electrons. The molecule has 2 heterocycles. The molecule has 6 heteroatoms. The van der Waals surface area contributed by atoms with Gasteiger partial charge in [0.25, 0.3) is 0 Å². The molecule has 0 aliphatic carbocycles. The average molecular weight is 333 g/mol. The van der Waals surface area contributed by atoms with Crippen molar-refractivity contribution in [1.29, 1.82) is 0 Å². The van der Waals surface area contributed by atoms with Crippen LogP contribution in [-0.4, -0.2) is 9.97 Å². The summed E-state index contributed by atoms with van der Waals surface area (Å²) in [5.41, 5.74) is 0. The molecule has 0 amide bonds. The summed E-state index contributed by atoms with van der Waals surface area (Å²) in [5.74, 6) is 1.60. The molecule has 0 aliphatic rings. The van der Waals surface area contributed by atoms with Gasteiger partial charge in [0.1, 0.15) is 22.5 Å². The van der Waals surface area contributed by atoms with E-state index in [4.69, 9.17) is 4.42 Å². The lowest BCUT2D eigenvalue weighted by Crippen LogP contribution is -2.00. The predicted octanol–water partition coefficient (Wildman–Crippen LogP) is 3.21. The molecule has 0 bridgehead atoms. The summed E-state index contributed by atoms with van der Waals surface area (Å²) in [5, 5.41) is 3.12. The highest BCUT2D eigenvalue weighted by molar-refractivity contribution is 9.10. The van der Waals surface area contributed by atoms with Gasteiger partial charge in [0.05, 0.1) is 6.54 Å². The zero-order chi connectivity index (χ0) is 10.7. The Morgan fingerprint density at radius 2 is 2.13 bits per heavy atom. The maximum atomic E-state index is 5.33. The molecule has 0 spiro atoms. The van der Waals surface area contributed by atoms with Crippen molar-refractivity contribution in [3.63, 3.8) is 0 Å². The normalized spacial score (nSPS) is 10.3. The van der Waals surface area contributed by atoms with Crippen LogP contribution in [0.2, 0.25) is 0 Å². The highest BCUT2D eigenvalue weighted by Crippen LogP contribution is 2.15. The van der Waals surface area contributed by atoms with Gasteiger partial charge in [0, 0.05) is 6.07 Å². The van der Waals surface area contributed by atoms with E-state index >= 15 is 0 Å². The van der Waals surface area contributed by atoms with Crippen LogP contribution in [0, 0.1) is 0 Å². The number of anilines is 1. The monoisotopic (exact) mass is 331 g/mol. The molecule has 0 saturated heterocycles. The molecule has 0 radical (unpaired) electrons. The smallest absolute Gasteiger partial charge is 0.169 e. The highest BCUT2D eigenvalue weighted by Gasteiger charge is 2.00. The molecule has 0 fully saturated rings. The molecule has 2 rings (SSSR count). The number of halogens is 2. The molecule has 0 unspecified atom stereocenters. The minimum absolute atomic E-state index is 0.592. The van der Waals surface area contributed by atoms with Gasteiger partial charge in [-0.25, -0.2) is 9.97 Å². The van der Waals surface area contributed by atoms with Crippen LogP contribution < -0.4 is 5.32 Å². The van der Waals surface area contributed by atoms with Crippen molar-refractivity contribution in [3.05, 3.63) is 39.6 Å². The first-order chi connectivity index (χ1) is 7.24. The van der Waals surface area contributed by atoms with Crippen LogP contribution in [-0.2, 0) is 6.54 Å². The molecule has 0 aliphatic heterocycles. The molecule has 2 aromatic rings. The van der Waals surface area contributed by atoms with Crippen molar-refractivity contribution in [2.45, 2.75) is 6.54 Å². The number of rotatable bonds is 3. The van der Waals surface area contributed by atoms with Crippen LogP contribution in [0.4, 0.5) is 5.82 Å². The summed E-state index contributed by atoms with van der Waals surface area (Å²) in [7, 11) is 0. The Labute approximate surface area is 103 Å². The van der Waals surface area contributed by atoms with Crippen LogP contribution in [0.1, 0.15) is 5.76 Å². The minimum Gasteiger partial charge on any atom is -0.452 e. The second-order valence-electron chi connectivity index (χ2n) is 2.79. The summed E-state index contributed by atoms with van der Waals surface area (Å²) in [4.78, 5) is 7.99. The third kappa shape index (κ3) is 3.04. The molecule has 2 aromatic heterocycles. The third-order valence-corrected chi connectivity index (χ3v) is 2.57. The Balaban J connectivity index is 1.99. The summed E-state index contributed by atoms with van der Waals surface area (Å²) in [6.07, 6.45) is 1.49. The van der Waals surface area contributed by atoms with E-state index in [0.717, 1.165) is 20.9 Å². The van der Waals surface area contributed by atoms with E-state index in [1.54, 1.807) is 6.07 Å². The van der Waals surface area contributed by atoms with E-state index in [9.17, 15) is 0 Å². The molecule has 4 nitrogen and oxygen atoms in total. The van der Waals surface area contributed by atoms with E-state index in [1.807, 2.05) is 12.1 Å². The zero-order valence-corrected chi connectivity index (χ0v) is 10.7. The van der Waals surface area contributed by atoms with Gasteiger partial charge in [-0.1, -0.05) is 0 Å². The second-order valence-corrected chi connectivity index (χ2v) is 4.38. The van der Waals surface area contributed by atoms with Crippen LogP contribution in [0.5, 0.6) is 0 Å². The molecule has 0 aromatic carbocycles. The molecule has 0 atom stereocenters. The van der Waals surface area contributed by atoms with Gasteiger partial charge in [0.2, 0.25) is 0 Å². The van der Waals surface area contributed by atoms with Gasteiger partial charge < -0.3 is 9.73 Å².